The topological polar surface area (TPSA) is 76.0 Å². The van der Waals surface area contributed by atoms with Gasteiger partial charge in [0.25, 0.3) is 5.91 Å². The number of aromatic nitrogens is 2. The van der Waals surface area contributed by atoms with E-state index in [0.29, 0.717) is 15.6 Å². The van der Waals surface area contributed by atoms with Crippen molar-refractivity contribution in [1.82, 2.24) is 15.1 Å². The Morgan fingerprint density at radius 2 is 2.08 bits per heavy atom. The van der Waals surface area contributed by atoms with Crippen LogP contribution in [-0.2, 0) is 11.8 Å². The van der Waals surface area contributed by atoms with Gasteiger partial charge in [0.2, 0.25) is 5.91 Å². The molecule has 6 nitrogen and oxygen atoms in total. The Balaban J connectivity index is 1.64. The largest absolute Gasteiger partial charge is 0.342 e. The minimum absolute atomic E-state index is 0.115. The Bertz CT molecular complexity index is 942. The molecule has 0 radical (unpaired) electrons. The molecule has 0 bridgehead atoms. The van der Waals surface area contributed by atoms with E-state index in [4.69, 9.17) is 11.6 Å². The van der Waals surface area contributed by atoms with Crippen LogP contribution in [0.2, 0.25) is 5.02 Å². The molecule has 0 fully saturated rings. The van der Waals surface area contributed by atoms with Crippen LogP contribution in [-0.4, -0.2) is 28.1 Å². The van der Waals surface area contributed by atoms with Crippen molar-refractivity contribution in [3.8, 4) is 0 Å². The number of amides is 2. The summed E-state index contributed by atoms with van der Waals surface area (Å²) in [5, 5.41) is 11.2. The maximum absolute atomic E-state index is 12.3. The number of nitrogens with one attached hydrogen (secondary N) is 2. The van der Waals surface area contributed by atoms with Crippen molar-refractivity contribution < 1.29 is 9.59 Å². The van der Waals surface area contributed by atoms with E-state index in [0.717, 1.165) is 21.5 Å². The van der Waals surface area contributed by atoms with Gasteiger partial charge in [0.15, 0.2) is 0 Å². The monoisotopic (exact) mass is 376 g/mol. The molecule has 2 N–H and O–H groups in total. The Kier molecular flexibility index (Phi) is 4.78. The number of aryl methyl sites for hydroxylation is 2. The Morgan fingerprint density at radius 1 is 1.32 bits per heavy atom. The molecule has 130 valence electrons. The van der Waals surface area contributed by atoms with Gasteiger partial charge in [-0.1, -0.05) is 17.7 Å². The average Bonchev–Trinajstić information content (AvgIpc) is 3.12. The SMILES string of the molecule is Cc1c(Cl)cccc1NC(=O)CNC(=O)c1cc2c(C)nn(C)c2s1. The van der Waals surface area contributed by atoms with Gasteiger partial charge in [-0.25, -0.2) is 0 Å². The molecular formula is C17H17ClN4O2S. The van der Waals surface area contributed by atoms with E-state index in [1.807, 2.05) is 20.9 Å². The lowest BCUT2D eigenvalue weighted by Crippen LogP contribution is -2.32. The summed E-state index contributed by atoms with van der Waals surface area (Å²) in [6, 6.07) is 7.09. The Labute approximate surface area is 153 Å². The predicted octanol–water partition coefficient (Wildman–Crippen LogP) is 3.27. The first-order chi connectivity index (χ1) is 11.9. The maximum atomic E-state index is 12.3. The third-order valence-electron chi connectivity index (χ3n) is 3.87. The van der Waals surface area contributed by atoms with E-state index in [-0.39, 0.29) is 18.4 Å². The van der Waals surface area contributed by atoms with Crippen molar-refractivity contribution in [2.45, 2.75) is 13.8 Å². The molecule has 3 aromatic rings. The second-order valence-corrected chi connectivity index (χ2v) is 7.12. The van der Waals surface area contributed by atoms with Crippen molar-refractivity contribution in [3.05, 3.63) is 45.4 Å². The highest BCUT2D eigenvalue weighted by Crippen LogP contribution is 2.27. The third kappa shape index (κ3) is 3.52. The first-order valence-electron chi connectivity index (χ1n) is 7.63. The fraction of sp³-hybridized carbons (Fsp3) is 0.235. The van der Waals surface area contributed by atoms with Crippen LogP contribution in [0, 0.1) is 13.8 Å². The number of thiophene rings is 1. The van der Waals surface area contributed by atoms with Crippen LogP contribution < -0.4 is 10.6 Å². The van der Waals surface area contributed by atoms with Gasteiger partial charge >= 0.3 is 0 Å². The molecule has 3 rings (SSSR count). The standard InChI is InChI=1S/C17H17ClN4O2S/c1-9-12(18)5-4-6-13(9)20-15(23)8-19-16(24)14-7-11-10(2)21-22(3)17(11)25-14/h4-7H,8H2,1-3H3,(H,19,24)(H,20,23). The summed E-state index contributed by atoms with van der Waals surface area (Å²) in [5.74, 6) is -0.587. The summed E-state index contributed by atoms with van der Waals surface area (Å²) in [6.45, 7) is 3.61. The number of benzene rings is 1. The molecule has 2 heterocycles. The molecule has 2 amide bonds. The zero-order valence-electron chi connectivity index (χ0n) is 14.0. The van der Waals surface area contributed by atoms with Crippen molar-refractivity contribution in [1.29, 1.82) is 0 Å². The molecule has 25 heavy (non-hydrogen) atoms. The lowest BCUT2D eigenvalue weighted by atomic mass is 10.2. The van der Waals surface area contributed by atoms with Crippen molar-refractivity contribution in [2.24, 2.45) is 7.05 Å². The highest BCUT2D eigenvalue weighted by atomic mass is 35.5. The maximum Gasteiger partial charge on any atom is 0.261 e. The highest BCUT2D eigenvalue weighted by Gasteiger charge is 2.16. The number of carbonyl (C=O) groups is 2. The fourth-order valence-corrected chi connectivity index (χ4v) is 3.72. The van der Waals surface area contributed by atoms with Gasteiger partial charge in [0, 0.05) is 23.1 Å². The number of nitrogens with zero attached hydrogens (tertiary/aromatic N) is 2. The normalized spacial score (nSPS) is 10.9. The van der Waals surface area contributed by atoms with E-state index in [1.165, 1.54) is 11.3 Å². The zero-order chi connectivity index (χ0) is 18.1. The predicted molar refractivity (Wildman–Crippen MR) is 100 cm³/mol. The fourth-order valence-electron chi connectivity index (χ4n) is 2.50. The second-order valence-electron chi connectivity index (χ2n) is 5.68. The summed E-state index contributed by atoms with van der Waals surface area (Å²) >= 11 is 7.38. The molecule has 0 aliphatic heterocycles. The minimum atomic E-state index is -0.308. The molecule has 0 aliphatic carbocycles. The van der Waals surface area contributed by atoms with Crippen LogP contribution in [0.1, 0.15) is 20.9 Å². The van der Waals surface area contributed by atoms with Gasteiger partial charge in [0.1, 0.15) is 4.83 Å². The lowest BCUT2D eigenvalue weighted by molar-refractivity contribution is -0.115. The molecule has 8 heteroatoms. The third-order valence-corrected chi connectivity index (χ3v) is 5.48. The van der Waals surface area contributed by atoms with Gasteiger partial charge in [-0.05, 0) is 37.6 Å². The number of fused-ring (bicyclic) bond motifs is 1. The van der Waals surface area contributed by atoms with Crippen LogP contribution in [0.5, 0.6) is 0 Å². The minimum Gasteiger partial charge on any atom is -0.342 e. The van der Waals surface area contributed by atoms with E-state index >= 15 is 0 Å². The number of carbonyl (C=O) groups excluding carboxylic acids is 2. The van der Waals surface area contributed by atoms with Crippen molar-refractivity contribution >= 4 is 50.7 Å². The average molecular weight is 377 g/mol. The van der Waals surface area contributed by atoms with Gasteiger partial charge < -0.3 is 10.6 Å². The lowest BCUT2D eigenvalue weighted by Gasteiger charge is -2.09. The molecular weight excluding hydrogens is 360 g/mol. The van der Waals surface area contributed by atoms with Crippen molar-refractivity contribution in [3.63, 3.8) is 0 Å². The second kappa shape index (κ2) is 6.85. The summed E-state index contributed by atoms with van der Waals surface area (Å²) in [4.78, 5) is 25.8. The van der Waals surface area contributed by atoms with Gasteiger partial charge in [-0.15, -0.1) is 11.3 Å². The van der Waals surface area contributed by atoms with Gasteiger partial charge in [-0.2, -0.15) is 5.10 Å². The number of halogens is 1. The molecule has 0 unspecified atom stereocenters. The number of hydrogen-bond acceptors (Lipinski definition) is 4. The summed E-state index contributed by atoms with van der Waals surface area (Å²) in [6.07, 6.45) is 0. The van der Waals surface area contributed by atoms with E-state index in [1.54, 1.807) is 28.9 Å². The van der Waals surface area contributed by atoms with Gasteiger partial charge in [0.05, 0.1) is 17.1 Å². The summed E-state index contributed by atoms with van der Waals surface area (Å²) in [7, 11) is 1.84. The zero-order valence-corrected chi connectivity index (χ0v) is 15.6. The number of hydrogen-bond donors (Lipinski definition) is 2. The van der Waals surface area contributed by atoms with Crippen LogP contribution in [0.3, 0.4) is 0 Å². The molecule has 0 atom stereocenters. The smallest absolute Gasteiger partial charge is 0.261 e. The molecule has 0 spiro atoms. The van der Waals surface area contributed by atoms with Gasteiger partial charge in [-0.3, -0.25) is 14.3 Å². The molecule has 0 aliphatic rings. The first kappa shape index (κ1) is 17.4. The molecule has 1 aromatic carbocycles. The molecule has 0 saturated heterocycles. The number of anilines is 1. The summed E-state index contributed by atoms with van der Waals surface area (Å²) < 4.78 is 1.75. The molecule has 0 saturated carbocycles. The molecule has 2 aromatic heterocycles. The first-order valence-corrected chi connectivity index (χ1v) is 8.82. The number of rotatable bonds is 4. The van der Waals surface area contributed by atoms with Crippen LogP contribution in [0.4, 0.5) is 5.69 Å². The van der Waals surface area contributed by atoms with Crippen LogP contribution >= 0.6 is 22.9 Å². The van der Waals surface area contributed by atoms with Crippen LogP contribution in [0.15, 0.2) is 24.3 Å². The van der Waals surface area contributed by atoms with E-state index < -0.39 is 0 Å². The quantitative estimate of drug-likeness (QED) is 0.733. The Morgan fingerprint density at radius 3 is 2.80 bits per heavy atom. The van der Waals surface area contributed by atoms with Crippen LogP contribution in [0.25, 0.3) is 10.2 Å². The highest BCUT2D eigenvalue weighted by molar-refractivity contribution is 7.20. The van der Waals surface area contributed by atoms with Crippen molar-refractivity contribution in [2.75, 3.05) is 11.9 Å². The van der Waals surface area contributed by atoms with E-state index in [9.17, 15) is 9.59 Å². The van der Waals surface area contributed by atoms with E-state index in [2.05, 4.69) is 15.7 Å². The summed E-state index contributed by atoms with van der Waals surface area (Å²) in [5.41, 5.74) is 2.30. The Hall–Kier alpha value is -2.38.